The minimum Gasteiger partial charge on any atom is -0.394 e. The molecule has 0 spiro atoms. The molecule has 0 unspecified atom stereocenters. The average Bonchev–Trinajstić information content (AvgIpc) is 3.27. The Morgan fingerprint density at radius 2 is 1.96 bits per heavy atom. The summed E-state index contributed by atoms with van der Waals surface area (Å²) >= 11 is 0. The van der Waals surface area contributed by atoms with Crippen molar-refractivity contribution in [2.45, 2.75) is 50.7 Å². The molecule has 1 saturated heterocycles. The molecule has 136 valence electrons. The number of carbonyl (C=O) groups excluding carboxylic acids is 2. The Kier molecular flexibility index (Phi) is 5.43. The number of hydrogen-bond acceptors (Lipinski definition) is 3. The lowest BCUT2D eigenvalue weighted by atomic mass is 10.1. The Morgan fingerprint density at radius 3 is 2.60 bits per heavy atom. The van der Waals surface area contributed by atoms with Gasteiger partial charge < -0.3 is 26.0 Å². The van der Waals surface area contributed by atoms with Crippen LogP contribution < -0.4 is 16.0 Å². The summed E-state index contributed by atoms with van der Waals surface area (Å²) in [4.78, 5) is 25.8. The van der Waals surface area contributed by atoms with Gasteiger partial charge in [0.25, 0.3) is 0 Å². The molecule has 1 aliphatic carbocycles. The largest absolute Gasteiger partial charge is 0.394 e. The molecule has 1 saturated carbocycles. The molecule has 7 heteroatoms. The van der Waals surface area contributed by atoms with Crippen LogP contribution in [0.4, 0.5) is 15.3 Å². The van der Waals surface area contributed by atoms with E-state index in [1.165, 1.54) is 0 Å². The van der Waals surface area contributed by atoms with E-state index in [0.29, 0.717) is 12.6 Å². The van der Waals surface area contributed by atoms with Crippen LogP contribution in [0.5, 0.6) is 0 Å². The maximum absolute atomic E-state index is 12.4. The molecule has 0 radical (unpaired) electrons. The van der Waals surface area contributed by atoms with Gasteiger partial charge in [0, 0.05) is 18.3 Å². The lowest BCUT2D eigenvalue weighted by molar-refractivity contribution is 0.155. The van der Waals surface area contributed by atoms with Crippen LogP contribution in [-0.2, 0) is 0 Å². The smallest absolute Gasteiger partial charge is 0.319 e. The highest BCUT2D eigenvalue weighted by molar-refractivity contribution is 5.89. The van der Waals surface area contributed by atoms with Crippen molar-refractivity contribution in [3.8, 4) is 0 Å². The minimum atomic E-state index is -0.180. The van der Waals surface area contributed by atoms with E-state index in [0.717, 1.165) is 36.9 Å². The lowest BCUT2D eigenvalue weighted by Crippen LogP contribution is -2.44. The Labute approximate surface area is 147 Å². The molecule has 1 heterocycles. The summed E-state index contributed by atoms with van der Waals surface area (Å²) in [6, 6.07) is 7.22. The topological polar surface area (TPSA) is 93.7 Å². The van der Waals surface area contributed by atoms with E-state index in [4.69, 9.17) is 0 Å². The Hall–Kier alpha value is -2.28. The number of nitrogens with one attached hydrogen (secondary N) is 3. The molecular weight excluding hydrogens is 320 g/mol. The standard InChI is InChI=1S/C18H26N4O3/c1-12(19-18(25)22-10-2-3-16(22)11-23)13-4-6-14(7-5-13)20-17(24)21-15-8-9-15/h4-7,12,15-16,23H,2-3,8-11H2,1H3,(H,19,25)(H2,20,21,24)/t12-,16-/m1/s1. The number of amides is 4. The number of benzene rings is 1. The molecule has 2 aliphatic rings. The van der Waals surface area contributed by atoms with Gasteiger partial charge in [-0.3, -0.25) is 0 Å². The monoisotopic (exact) mass is 346 g/mol. The van der Waals surface area contributed by atoms with Crippen molar-refractivity contribution in [2.24, 2.45) is 0 Å². The number of anilines is 1. The van der Waals surface area contributed by atoms with Crippen molar-refractivity contribution in [3.63, 3.8) is 0 Å². The van der Waals surface area contributed by atoms with Crippen LogP contribution in [-0.4, -0.2) is 47.3 Å². The molecule has 1 aromatic rings. The predicted octanol–water partition coefficient (Wildman–Crippen LogP) is 2.20. The van der Waals surface area contributed by atoms with Gasteiger partial charge in [-0.05, 0) is 50.3 Å². The highest BCUT2D eigenvalue weighted by Gasteiger charge is 2.28. The fourth-order valence-corrected chi connectivity index (χ4v) is 3.08. The Bertz CT molecular complexity index is 615. The van der Waals surface area contributed by atoms with E-state index < -0.39 is 0 Å². The minimum absolute atomic E-state index is 0.00505. The fraction of sp³-hybridized carbons (Fsp3) is 0.556. The molecule has 7 nitrogen and oxygen atoms in total. The van der Waals surface area contributed by atoms with E-state index in [1.54, 1.807) is 4.90 Å². The van der Waals surface area contributed by atoms with Crippen LogP contribution in [0.15, 0.2) is 24.3 Å². The molecule has 2 fully saturated rings. The zero-order valence-electron chi connectivity index (χ0n) is 14.5. The van der Waals surface area contributed by atoms with Crippen LogP contribution in [0.3, 0.4) is 0 Å². The molecule has 2 atom stereocenters. The van der Waals surface area contributed by atoms with Gasteiger partial charge in [-0.25, -0.2) is 9.59 Å². The van der Waals surface area contributed by atoms with Crippen LogP contribution in [0, 0.1) is 0 Å². The fourth-order valence-electron chi connectivity index (χ4n) is 3.08. The van der Waals surface area contributed by atoms with Crippen LogP contribution in [0.1, 0.15) is 44.2 Å². The second-order valence-corrected chi connectivity index (χ2v) is 6.84. The second kappa shape index (κ2) is 7.74. The number of rotatable bonds is 5. The first-order chi connectivity index (χ1) is 12.1. The van der Waals surface area contributed by atoms with Gasteiger partial charge in [-0.1, -0.05) is 12.1 Å². The normalized spacial score (nSPS) is 20.9. The van der Waals surface area contributed by atoms with Crippen molar-refractivity contribution in [1.82, 2.24) is 15.5 Å². The van der Waals surface area contributed by atoms with Gasteiger partial charge in [0.05, 0.1) is 18.7 Å². The van der Waals surface area contributed by atoms with Crippen LogP contribution >= 0.6 is 0 Å². The number of likely N-dealkylation sites (tertiary alicyclic amines) is 1. The molecule has 4 N–H and O–H groups in total. The van der Waals surface area contributed by atoms with Gasteiger partial charge in [-0.15, -0.1) is 0 Å². The number of urea groups is 2. The van der Waals surface area contributed by atoms with E-state index in [9.17, 15) is 14.7 Å². The number of aliphatic hydroxyl groups is 1. The average molecular weight is 346 g/mol. The summed E-state index contributed by atoms with van der Waals surface area (Å²) in [5, 5.41) is 18.0. The summed E-state index contributed by atoms with van der Waals surface area (Å²) < 4.78 is 0. The first-order valence-electron chi connectivity index (χ1n) is 8.92. The first-order valence-corrected chi connectivity index (χ1v) is 8.92. The maximum atomic E-state index is 12.4. The van der Waals surface area contributed by atoms with Crippen LogP contribution in [0.2, 0.25) is 0 Å². The van der Waals surface area contributed by atoms with Crippen molar-refractivity contribution < 1.29 is 14.7 Å². The highest BCUT2D eigenvalue weighted by Crippen LogP contribution is 2.21. The van der Waals surface area contributed by atoms with E-state index in [1.807, 2.05) is 31.2 Å². The van der Waals surface area contributed by atoms with E-state index in [2.05, 4.69) is 16.0 Å². The lowest BCUT2D eigenvalue weighted by Gasteiger charge is -2.25. The number of nitrogens with zero attached hydrogens (tertiary/aromatic N) is 1. The molecule has 1 aromatic carbocycles. The summed E-state index contributed by atoms with van der Waals surface area (Å²) in [6.45, 7) is 2.61. The summed E-state index contributed by atoms with van der Waals surface area (Å²) in [5.74, 6) is 0. The third-order valence-corrected chi connectivity index (χ3v) is 4.77. The Morgan fingerprint density at radius 1 is 1.24 bits per heavy atom. The van der Waals surface area contributed by atoms with Gasteiger partial charge in [0.15, 0.2) is 0 Å². The first kappa shape index (κ1) is 17.5. The zero-order chi connectivity index (χ0) is 17.8. The van der Waals surface area contributed by atoms with Gasteiger partial charge >= 0.3 is 12.1 Å². The van der Waals surface area contributed by atoms with Crippen LogP contribution in [0.25, 0.3) is 0 Å². The quantitative estimate of drug-likeness (QED) is 0.658. The van der Waals surface area contributed by atoms with Gasteiger partial charge in [-0.2, -0.15) is 0 Å². The molecule has 4 amide bonds. The van der Waals surface area contributed by atoms with E-state index >= 15 is 0 Å². The Balaban J connectivity index is 1.52. The van der Waals surface area contributed by atoms with Crippen molar-refractivity contribution in [3.05, 3.63) is 29.8 Å². The number of hydrogen-bond donors (Lipinski definition) is 4. The van der Waals surface area contributed by atoms with Crippen molar-refractivity contribution in [1.29, 1.82) is 0 Å². The second-order valence-electron chi connectivity index (χ2n) is 6.84. The molecule has 1 aliphatic heterocycles. The molecule has 3 rings (SSSR count). The van der Waals surface area contributed by atoms with Crippen molar-refractivity contribution >= 4 is 17.7 Å². The van der Waals surface area contributed by atoms with Gasteiger partial charge in [0.1, 0.15) is 0 Å². The molecule has 0 aromatic heterocycles. The third-order valence-electron chi connectivity index (χ3n) is 4.77. The molecule has 25 heavy (non-hydrogen) atoms. The zero-order valence-corrected chi connectivity index (χ0v) is 14.5. The van der Waals surface area contributed by atoms with Crippen molar-refractivity contribution in [2.75, 3.05) is 18.5 Å². The number of aliphatic hydroxyl groups excluding tert-OH is 1. The maximum Gasteiger partial charge on any atom is 0.319 e. The predicted molar refractivity (Wildman–Crippen MR) is 95.4 cm³/mol. The SMILES string of the molecule is C[C@@H](NC(=O)N1CCC[C@@H]1CO)c1ccc(NC(=O)NC2CC2)cc1. The number of carbonyl (C=O) groups is 2. The van der Waals surface area contributed by atoms with Gasteiger partial charge in [0.2, 0.25) is 0 Å². The highest BCUT2D eigenvalue weighted by atomic mass is 16.3. The summed E-state index contributed by atoms with van der Waals surface area (Å²) in [5.41, 5.74) is 1.68. The molecule has 0 bridgehead atoms. The molecular formula is C18H26N4O3. The summed E-state index contributed by atoms with van der Waals surface area (Å²) in [7, 11) is 0. The third kappa shape index (κ3) is 4.63. The van der Waals surface area contributed by atoms with E-state index in [-0.39, 0.29) is 30.8 Å². The summed E-state index contributed by atoms with van der Waals surface area (Å²) in [6.07, 6.45) is 3.88.